The Morgan fingerprint density at radius 2 is 1.89 bits per heavy atom. The average molecular weight is 378 g/mol. The van der Waals surface area contributed by atoms with Gasteiger partial charge in [-0.25, -0.2) is 0 Å². The molecule has 4 rings (SSSR count). The van der Waals surface area contributed by atoms with Crippen molar-refractivity contribution >= 4 is 11.8 Å². The first-order valence-corrected chi connectivity index (χ1v) is 9.83. The molecule has 28 heavy (non-hydrogen) atoms. The molecule has 1 heterocycles. The molecule has 2 N–H and O–H groups in total. The Bertz CT molecular complexity index is 910. The summed E-state index contributed by atoms with van der Waals surface area (Å²) < 4.78 is 5.33. The highest BCUT2D eigenvalue weighted by Crippen LogP contribution is 2.45. The molecule has 1 unspecified atom stereocenters. The van der Waals surface area contributed by atoms with Crippen molar-refractivity contribution in [2.24, 2.45) is 23.5 Å². The molecular formula is C23H26N2O3. The summed E-state index contributed by atoms with van der Waals surface area (Å²) in [5.41, 5.74) is 8.08. The smallest absolute Gasteiger partial charge is 0.255 e. The first kappa shape index (κ1) is 18.5. The Morgan fingerprint density at radius 3 is 2.64 bits per heavy atom. The van der Waals surface area contributed by atoms with E-state index in [1.165, 1.54) is 0 Å². The molecule has 0 spiro atoms. The normalized spacial score (nSPS) is 26.1. The lowest BCUT2D eigenvalue weighted by molar-refractivity contribution is -0.122. The number of nitrogens with zero attached hydrogens (tertiary/aromatic N) is 1. The number of rotatable bonds is 4. The van der Waals surface area contributed by atoms with Crippen LogP contribution in [0.4, 0.5) is 0 Å². The largest absolute Gasteiger partial charge is 0.497 e. The molecule has 2 aromatic rings. The molecule has 2 fully saturated rings. The van der Waals surface area contributed by atoms with Gasteiger partial charge >= 0.3 is 0 Å². The second-order valence-electron chi connectivity index (χ2n) is 8.08. The van der Waals surface area contributed by atoms with Gasteiger partial charge in [0.15, 0.2) is 0 Å². The minimum atomic E-state index is -0.513. The van der Waals surface area contributed by atoms with Gasteiger partial charge in [0.05, 0.1) is 7.11 Å². The maximum Gasteiger partial charge on any atom is 0.255 e. The number of methoxy groups -OCH3 is 1. The zero-order chi connectivity index (χ0) is 19.8. The highest BCUT2D eigenvalue weighted by Gasteiger charge is 2.50. The fourth-order valence-corrected chi connectivity index (χ4v) is 5.08. The van der Waals surface area contributed by atoms with Gasteiger partial charge < -0.3 is 15.4 Å². The summed E-state index contributed by atoms with van der Waals surface area (Å²) >= 11 is 0. The van der Waals surface area contributed by atoms with Crippen molar-refractivity contribution in [1.29, 1.82) is 0 Å². The predicted molar refractivity (Wildman–Crippen MR) is 108 cm³/mol. The molecule has 2 aliphatic rings. The highest BCUT2D eigenvalue weighted by molar-refractivity contribution is 6.03. The standard InChI is InChI=1S/C23H26N2O3/c1-14-10-16-13-25(21(22(24)26)20(16)11-14)23(27)19-9-4-3-8-18(19)15-6-5-7-17(12-15)28-2/h3-9,12,14,16,20-21H,10-11,13H2,1-2H3,(H2,24,26)/t14?,16-,20-,21-/m0/s1. The van der Waals surface area contributed by atoms with Gasteiger partial charge in [0, 0.05) is 12.1 Å². The van der Waals surface area contributed by atoms with Gasteiger partial charge in [-0.15, -0.1) is 0 Å². The molecule has 5 heteroatoms. The van der Waals surface area contributed by atoms with E-state index in [0.29, 0.717) is 23.9 Å². The van der Waals surface area contributed by atoms with Gasteiger partial charge in [-0.1, -0.05) is 37.3 Å². The lowest BCUT2D eigenvalue weighted by Gasteiger charge is -2.27. The number of primary amides is 1. The van der Waals surface area contributed by atoms with E-state index >= 15 is 0 Å². The topological polar surface area (TPSA) is 72.6 Å². The van der Waals surface area contributed by atoms with E-state index in [2.05, 4.69) is 6.92 Å². The number of fused-ring (bicyclic) bond motifs is 1. The fourth-order valence-electron chi connectivity index (χ4n) is 5.08. The van der Waals surface area contributed by atoms with Crippen LogP contribution in [0.3, 0.4) is 0 Å². The van der Waals surface area contributed by atoms with Crippen LogP contribution in [0.25, 0.3) is 11.1 Å². The van der Waals surface area contributed by atoms with E-state index in [1.807, 2.05) is 48.5 Å². The third-order valence-electron chi connectivity index (χ3n) is 6.25. The van der Waals surface area contributed by atoms with E-state index in [9.17, 15) is 9.59 Å². The fraction of sp³-hybridized carbons (Fsp3) is 0.391. The van der Waals surface area contributed by atoms with Crippen LogP contribution < -0.4 is 10.5 Å². The van der Waals surface area contributed by atoms with Crippen LogP contribution in [0.5, 0.6) is 5.75 Å². The number of benzene rings is 2. The predicted octanol–water partition coefficient (Wildman–Crippen LogP) is 3.33. The molecular weight excluding hydrogens is 352 g/mol. The maximum atomic E-state index is 13.5. The SMILES string of the molecule is COc1cccc(-c2ccccc2C(=O)N2C[C@@H]3CC(C)C[C@@H]3[C@H]2C(N)=O)c1. The van der Waals surface area contributed by atoms with E-state index < -0.39 is 11.9 Å². The zero-order valence-electron chi connectivity index (χ0n) is 16.3. The Labute approximate surface area is 165 Å². The second kappa shape index (κ2) is 7.30. The molecule has 0 aromatic heterocycles. The molecule has 0 radical (unpaired) electrons. The summed E-state index contributed by atoms with van der Waals surface area (Å²) in [6, 6.07) is 14.7. The summed E-state index contributed by atoms with van der Waals surface area (Å²) in [4.78, 5) is 27.5. The van der Waals surface area contributed by atoms with Gasteiger partial charge in [0.25, 0.3) is 5.91 Å². The third kappa shape index (κ3) is 3.15. The molecule has 1 saturated carbocycles. The summed E-state index contributed by atoms with van der Waals surface area (Å²) in [6.45, 7) is 2.81. The van der Waals surface area contributed by atoms with Crippen molar-refractivity contribution in [3.05, 3.63) is 54.1 Å². The van der Waals surface area contributed by atoms with Gasteiger partial charge in [-0.05, 0) is 59.9 Å². The van der Waals surface area contributed by atoms with Crippen LogP contribution in [0, 0.1) is 17.8 Å². The second-order valence-corrected chi connectivity index (χ2v) is 8.08. The zero-order valence-corrected chi connectivity index (χ0v) is 16.3. The summed E-state index contributed by atoms with van der Waals surface area (Å²) in [5.74, 6) is 1.34. The first-order valence-electron chi connectivity index (χ1n) is 9.83. The van der Waals surface area contributed by atoms with Crippen LogP contribution >= 0.6 is 0 Å². The van der Waals surface area contributed by atoms with Crippen molar-refractivity contribution < 1.29 is 14.3 Å². The number of likely N-dealkylation sites (tertiary alicyclic amines) is 1. The Kier molecular flexibility index (Phi) is 4.84. The van der Waals surface area contributed by atoms with Gasteiger partial charge in [0.2, 0.25) is 5.91 Å². The van der Waals surface area contributed by atoms with E-state index in [4.69, 9.17) is 10.5 Å². The molecule has 1 aliphatic carbocycles. The van der Waals surface area contributed by atoms with Gasteiger partial charge in [-0.3, -0.25) is 9.59 Å². The van der Waals surface area contributed by atoms with Crippen LogP contribution in [0.2, 0.25) is 0 Å². The van der Waals surface area contributed by atoms with Crippen LogP contribution in [0.15, 0.2) is 48.5 Å². The average Bonchev–Trinajstić information content (AvgIpc) is 3.23. The van der Waals surface area contributed by atoms with Crippen molar-refractivity contribution in [3.8, 4) is 16.9 Å². The van der Waals surface area contributed by atoms with Crippen molar-refractivity contribution in [1.82, 2.24) is 4.90 Å². The van der Waals surface area contributed by atoms with E-state index in [-0.39, 0.29) is 11.8 Å². The number of ether oxygens (including phenoxy) is 1. The first-order chi connectivity index (χ1) is 13.5. The van der Waals surface area contributed by atoms with Crippen LogP contribution in [-0.4, -0.2) is 36.4 Å². The molecule has 4 atom stereocenters. The molecule has 2 amide bonds. The van der Waals surface area contributed by atoms with Gasteiger partial charge in [-0.2, -0.15) is 0 Å². The quantitative estimate of drug-likeness (QED) is 0.887. The van der Waals surface area contributed by atoms with Crippen LogP contribution in [-0.2, 0) is 4.79 Å². The molecule has 1 aliphatic heterocycles. The molecule has 1 saturated heterocycles. The van der Waals surface area contributed by atoms with Gasteiger partial charge in [0.1, 0.15) is 11.8 Å². The van der Waals surface area contributed by atoms with E-state index in [0.717, 1.165) is 29.7 Å². The molecule has 2 aromatic carbocycles. The van der Waals surface area contributed by atoms with Crippen molar-refractivity contribution in [3.63, 3.8) is 0 Å². The monoisotopic (exact) mass is 378 g/mol. The van der Waals surface area contributed by atoms with E-state index in [1.54, 1.807) is 12.0 Å². The Morgan fingerprint density at radius 1 is 1.11 bits per heavy atom. The van der Waals surface area contributed by atoms with Crippen LogP contribution in [0.1, 0.15) is 30.1 Å². The lowest BCUT2D eigenvalue weighted by Crippen LogP contribution is -2.46. The number of carbonyl (C=O) groups excluding carboxylic acids is 2. The molecule has 5 nitrogen and oxygen atoms in total. The summed E-state index contributed by atoms with van der Waals surface area (Å²) in [7, 11) is 1.62. The highest BCUT2D eigenvalue weighted by atomic mass is 16.5. The number of hydrogen-bond acceptors (Lipinski definition) is 3. The maximum absolute atomic E-state index is 13.5. The molecule has 146 valence electrons. The summed E-state index contributed by atoms with van der Waals surface area (Å²) in [6.07, 6.45) is 2.01. The number of amides is 2. The number of carbonyl (C=O) groups is 2. The Balaban J connectivity index is 1.70. The van der Waals surface area contributed by atoms with Crippen molar-refractivity contribution in [2.75, 3.05) is 13.7 Å². The third-order valence-corrected chi connectivity index (χ3v) is 6.25. The lowest BCUT2D eigenvalue weighted by atomic mass is 9.93. The summed E-state index contributed by atoms with van der Waals surface area (Å²) in [5, 5.41) is 0. The van der Waals surface area contributed by atoms with Crippen molar-refractivity contribution in [2.45, 2.75) is 25.8 Å². The number of hydrogen-bond donors (Lipinski definition) is 1. The molecule has 0 bridgehead atoms. The Hall–Kier alpha value is -2.82. The minimum absolute atomic E-state index is 0.121. The minimum Gasteiger partial charge on any atom is -0.497 e. The number of nitrogens with two attached hydrogens (primary N) is 1.